The average Bonchev–Trinajstić information content (AvgIpc) is 2.28. The third-order valence-corrected chi connectivity index (χ3v) is 3.03. The lowest BCUT2D eigenvalue weighted by Gasteiger charge is -2.25. The zero-order valence-electron chi connectivity index (χ0n) is 10.1. The van der Waals surface area contributed by atoms with E-state index in [4.69, 9.17) is 26.8 Å². The Bertz CT molecular complexity index is 378. The van der Waals surface area contributed by atoms with Crippen LogP contribution in [0.25, 0.3) is 0 Å². The van der Waals surface area contributed by atoms with Crippen LogP contribution >= 0.6 is 11.6 Å². The van der Waals surface area contributed by atoms with Crippen molar-refractivity contribution in [2.75, 3.05) is 20.8 Å². The molecule has 0 saturated heterocycles. The molecule has 0 aromatic heterocycles. The van der Waals surface area contributed by atoms with Crippen LogP contribution in [-0.2, 0) is 5.41 Å². The Labute approximate surface area is 101 Å². The second-order valence-corrected chi connectivity index (χ2v) is 4.68. The normalized spacial score (nSPS) is 11.4. The highest BCUT2D eigenvalue weighted by atomic mass is 35.5. The topological polar surface area (TPSA) is 44.5 Å². The zero-order valence-corrected chi connectivity index (χ0v) is 10.9. The molecule has 0 spiro atoms. The summed E-state index contributed by atoms with van der Waals surface area (Å²) >= 11 is 6.21. The number of hydrogen-bond acceptors (Lipinski definition) is 3. The molecule has 3 nitrogen and oxygen atoms in total. The van der Waals surface area contributed by atoms with Crippen LogP contribution in [0.2, 0.25) is 5.02 Å². The Morgan fingerprint density at radius 3 is 2.12 bits per heavy atom. The van der Waals surface area contributed by atoms with Gasteiger partial charge in [-0.2, -0.15) is 0 Å². The summed E-state index contributed by atoms with van der Waals surface area (Å²) in [4.78, 5) is 0. The molecule has 0 aliphatic rings. The van der Waals surface area contributed by atoms with Gasteiger partial charge in [-0.25, -0.2) is 0 Å². The highest BCUT2D eigenvalue weighted by Crippen LogP contribution is 2.38. The van der Waals surface area contributed by atoms with Crippen molar-refractivity contribution in [3.8, 4) is 11.5 Å². The van der Waals surface area contributed by atoms with Gasteiger partial charge in [-0.05, 0) is 11.6 Å². The maximum absolute atomic E-state index is 6.21. The van der Waals surface area contributed by atoms with Crippen molar-refractivity contribution in [3.05, 3.63) is 22.7 Å². The van der Waals surface area contributed by atoms with E-state index in [0.717, 1.165) is 5.56 Å². The van der Waals surface area contributed by atoms with E-state index in [1.807, 2.05) is 19.9 Å². The first-order valence-corrected chi connectivity index (χ1v) is 5.46. The molecule has 1 aromatic rings. The summed E-state index contributed by atoms with van der Waals surface area (Å²) in [6.07, 6.45) is 0. The second-order valence-electron chi connectivity index (χ2n) is 4.28. The van der Waals surface area contributed by atoms with Gasteiger partial charge in [0.15, 0.2) is 11.5 Å². The van der Waals surface area contributed by atoms with Crippen molar-refractivity contribution in [2.45, 2.75) is 19.3 Å². The number of nitrogens with two attached hydrogens (primary N) is 1. The van der Waals surface area contributed by atoms with E-state index in [9.17, 15) is 0 Å². The lowest BCUT2D eigenvalue weighted by molar-refractivity contribution is 0.353. The van der Waals surface area contributed by atoms with Crippen LogP contribution in [0.15, 0.2) is 12.1 Å². The Morgan fingerprint density at radius 2 is 1.69 bits per heavy atom. The smallest absolute Gasteiger partial charge is 0.162 e. The minimum absolute atomic E-state index is 0.184. The molecule has 0 aliphatic carbocycles. The summed E-state index contributed by atoms with van der Waals surface area (Å²) in [6, 6.07) is 3.64. The lowest BCUT2D eigenvalue weighted by Crippen LogP contribution is -2.28. The maximum atomic E-state index is 6.21. The minimum atomic E-state index is -0.184. The van der Waals surface area contributed by atoms with Gasteiger partial charge in [-0.15, -0.1) is 0 Å². The van der Waals surface area contributed by atoms with Gasteiger partial charge in [0.2, 0.25) is 0 Å². The Hall–Kier alpha value is -0.930. The number of ether oxygens (including phenoxy) is 2. The van der Waals surface area contributed by atoms with E-state index in [1.54, 1.807) is 20.3 Å². The van der Waals surface area contributed by atoms with Crippen molar-refractivity contribution in [1.82, 2.24) is 0 Å². The molecule has 90 valence electrons. The summed E-state index contributed by atoms with van der Waals surface area (Å²) in [6.45, 7) is 4.60. The fourth-order valence-corrected chi connectivity index (χ4v) is 1.89. The number of benzene rings is 1. The molecule has 0 atom stereocenters. The molecule has 1 rings (SSSR count). The Kier molecular flexibility index (Phi) is 4.05. The molecule has 0 fully saturated rings. The van der Waals surface area contributed by atoms with E-state index < -0.39 is 0 Å². The van der Waals surface area contributed by atoms with Crippen LogP contribution in [0.1, 0.15) is 19.4 Å². The summed E-state index contributed by atoms with van der Waals surface area (Å²) in [7, 11) is 3.19. The van der Waals surface area contributed by atoms with Gasteiger partial charge in [-0.3, -0.25) is 0 Å². The summed E-state index contributed by atoms with van der Waals surface area (Å²) in [5.74, 6) is 1.30. The van der Waals surface area contributed by atoms with Gasteiger partial charge in [0.1, 0.15) is 0 Å². The van der Waals surface area contributed by atoms with Gasteiger partial charge >= 0.3 is 0 Å². The van der Waals surface area contributed by atoms with Crippen LogP contribution in [0, 0.1) is 0 Å². The van der Waals surface area contributed by atoms with Crippen LogP contribution in [0.3, 0.4) is 0 Å². The van der Waals surface area contributed by atoms with Crippen LogP contribution in [0.4, 0.5) is 0 Å². The number of methoxy groups -OCH3 is 2. The third kappa shape index (κ3) is 2.42. The predicted octanol–water partition coefficient (Wildman–Crippen LogP) is 2.59. The van der Waals surface area contributed by atoms with E-state index >= 15 is 0 Å². The lowest BCUT2D eigenvalue weighted by atomic mass is 9.84. The van der Waals surface area contributed by atoms with Gasteiger partial charge in [0.25, 0.3) is 0 Å². The first-order chi connectivity index (χ1) is 7.46. The number of rotatable bonds is 4. The largest absolute Gasteiger partial charge is 0.493 e. The third-order valence-electron chi connectivity index (χ3n) is 2.71. The molecule has 1 aromatic carbocycles. The van der Waals surface area contributed by atoms with Crippen molar-refractivity contribution >= 4 is 11.6 Å². The van der Waals surface area contributed by atoms with E-state index in [2.05, 4.69) is 0 Å². The first-order valence-electron chi connectivity index (χ1n) is 5.08. The molecule has 0 heterocycles. The molecule has 0 saturated carbocycles. The predicted molar refractivity (Wildman–Crippen MR) is 66.6 cm³/mol. The van der Waals surface area contributed by atoms with Crippen LogP contribution in [-0.4, -0.2) is 20.8 Å². The standard InChI is InChI=1S/C12H18ClNO2/c1-12(2,7-14)8-5-10(15-3)11(16-4)6-9(8)13/h5-6H,7,14H2,1-4H3. The zero-order chi connectivity index (χ0) is 12.3. The van der Waals surface area contributed by atoms with Gasteiger partial charge < -0.3 is 15.2 Å². The molecule has 0 bridgehead atoms. The Balaban J connectivity index is 3.32. The highest BCUT2D eigenvalue weighted by molar-refractivity contribution is 6.31. The quantitative estimate of drug-likeness (QED) is 0.884. The SMILES string of the molecule is COc1cc(Cl)c(C(C)(C)CN)cc1OC. The Morgan fingerprint density at radius 1 is 1.19 bits per heavy atom. The first kappa shape index (κ1) is 13.1. The van der Waals surface area contributed by atoms with Gasteiger partial charge in [0, 0.05) is 23.0 Å². The molecule has 0 aliphatic heterocycles. The van der Waals surface area contributed by atoms with Gasteiger partial charge in [-0.1, -0.05) is 25.4 Å². The molecule has 0 amide bonds. The average molecular weight is 244 g/mol. The molecule has 2 N–H and O–H groups in total. The number of hydrogen-bond donors (Lipinski definition) is 1. The van der Waals surface area contributed by atoms with E-state index in [-0.39, 0.29) is 5.41 Å². The van der Waals surface area contributed by atoms with E-state index in [1.165, 1.54) is 0 Å². The summed E-state index contributed by atoms with van der Waals surface area (Å²) in [5.41, 5.74) is 6.52. The minimum Gasteiger partial charge on any atom is -0.493 e. The highest BCUT2D eigenvalue weighted by Gasteiger charge is 2.23. The maximum Gasteiger partial charge on any atom is 0.162 e. The van der Waals surface area contributed by atoms with Crippen LogP contribution < -0.4 is 15.2 Å². The molecule has 0 unspecified atom stereocenters. The molecule has 4 heteroatoms. The second kappa shape index (κ2) is 4.93. The summed E-state index contributed by atoms with van der Waals surface area (Å²) in [5, 5.41) is 0.646. The van der Waals surface area contributed by atoms with Crippen molar-refractivity contribution < 1.29 is 9.47 Å². The number of halogens is 1. The van der Waals surface area contributed by atoms with Crippen molar-refractivity contribution in [3.63, 3.8) is 0 Å². The van der Waals surface area contributed by atoms with Crippen molar-refractivity contribution in [2.24, 2.45) is 5.73 Å². The molecular weight excluding hydrogens is 226 g/mol. The van der Waals surface area contributed by atoms with E-state index in [0.29, 0.717) is 23.1 Å². The molecule has 16 heavy (non-hydrogen) atoms. The molecule has 0 radical (unpaired) electrons. The monoisotopic (exact) mass is 243 g/mol. The fourth-order valence-electron chi connectivity index (χ4n) is 1.48. The van der Waals surface area contributed by atoms with Crippen LogP contribution in [0.5, 0.6) is 11.5 Å². The summed E-state index contributed by atoms with van der Waals surface area (Å²) < 4.78 is 10.4. The van der Waals surface area contributed by atoms with Crippen molar-refractivity contribution in [1.29, 1.82) is 0 Å². The fraction of sp³-hybridized carbons (Fsp3) is 0.500. The molecular formula is C12H18ClNO2. The van der Waals surface area contributed by atoms with Gasteiger partial charge in [0.05, 0.1) is 14.2 Å².